The van der Waals surface area contributed by atoms with E-state index in [1.165, 1.54) is 6.42 Å². The smallest absolute Gasteiger partial charge is 0.213 e. The fourth-order valence-corrected chi connectivity index (χ4v) is 3.76. The molecular weight excluding hydrogens is 519 g/mol. The Morgan fingerprint density at radius 2 is 2.07 bits per heavy atom. The Morgan fingerprint density at radius 1 is 1.27 bits per heavy atom. The number of guanidine groups is 1. The SMILES string of the molecule is CCNC(=NCCS(=O)(=O)NCC1CCC1)Nc1cccc(OCCCOC)c1.I. The van der Waals surface area contributed by atoms with Crippen LogP contribution in [-0.2, 0) is 14.8 Å². The van der Waals surface area contributed by atoms with Crippen molar-refractivity contribution in [2.75, 3.05) is 51.0 Å². The van der Waals surface area contributed by atoms with E-state index in [0.29, 0.717) is 38.2 Å². The molecular formula is C20H35IN4O4S. The number of ether oxygens (including phenoxy) is 2. The lowest BCUT2D eigenvalue weighted by Crippen LogP contribution is -2.35. The highest BCUT2D eigenvalue weighted by atomic mass is 127. The zero-order valence-corrected chi connectivity index (χ0v) is 21.0. The number of benzene rings is 1. The molecule has 1 aromatic rings. The average Bonchev–Trinajstić information content (AvgIpc) is 2.64. The number of hydrogen-bond acceptors (Lipinski definition) is 5. The van der Waals surface area contributed by atoms with Crippen LogP contribution in [0.25, 0.3) is 0 Å². The fourth-order valence-electron chi connectivity index (χ4n) is 2.79. The van der Waals surface area contributed by atoms with Crippen molar-refractivity contribution >= 4 is 45.6 Å². The number of nitrogens with zero attached hydrogens (tertiary/aromatic N) is 1. The van der Waals surface area contributed by atoms with Crippen LogP contribution in [-0.4, -0.2) is 60.1 Å². The van der Waals surface area contributed by atoms with E-state index < -0.39 is 10.0 Å². The molecule has 30 heavy (non-hydrogen) atoms. The van der Waals surface area contributed by atoms with Crippen LogP contribution in [0.3, 0.4) is 0 Å². The fraction of sp³-hybridized carbons (Fsp3) is 0.650. The molecule has 1 aliphatic rings. The summed E-state index contributed by atoms with van der Waals surface area (Å²) in [6.07, 6.45) is 4.25. The van der Waals surface area contributed by atoms with Crippen molar-refractivity contribution in [3.05, 3.63) is 24.3 Å². The van der Waals surface area contributed by atoms with Crippen LogP contribution in [0.2, 0.25) is 0 Å². The van der Waals surface area contributed by atoms with Crippen molar-refractivity contribution in [2.45, 2.75) is 32.6 Å². The summed E-state index contributed by atoms with van der Waals surface area (Å²) < 4.78 is 37.6. The summed E-state index contributed by atoms with van der Waals surface area (Å²) in [6, 6.07) is 7.58. The highest BCUT2D eigenvalue weighted by Crippen LogP contribution is 2.25. The predicted octanol–water partition coefficient (Wildman–Crippen LogP) is 2.82. The quantitative estimate of drug-likeness (QED) is 0.150. The minimum Gasteiger partial charge on any atom is -0.493 e. The Kier molecular flexibility index (Phi) is 13.3. The maximum Gasteiger partial charge on any atom is 0.213 e. The van der Waals surface area contributed by atoms with Gasteiger partial charge >= 0.3 is 0 Å². The maximum atomic E-state index is 12.1. The summed E-state index contributed by atoms with van der Waals surface area (Å²) >= 11 is 0. The first-order valence-corrected chi connectivity index (χ1v) is 11.9. The Bertz CT molecular complexity index is 742. The molecule has 2 rings (SSSR count). The van der Waals surface area contributed by atoms with E-state index >= 15 is 0 Å². The third-order valence-electron chi connectivity index (χ3n) is 4.65. The number of nitrogens with one attached hydrogen (secondary N) is 3. The number of rotatable bonds is 13. The van der Waals surface area contributed by atoms with E-state index in [0.717, 1.165) is 30.7 Å². The van der Waals surface area contributed by atoms with Crippen molar-refractivity contribution < 1.29 is 17.9 Å². The summed E-state index contributed by atoms with van der Waals surface area (Å²) in [5.41, 5.74) is 0.819. The van der Waals surface area contributed by atoms with Crippen LogP contribution in [0.1, 0.15) is 32.6 Å². The molecule has 1 saturated carbocycles. The first kappa shape index (κ1) is 26.9. The molecule has 0 spiro atoms. The monoisotopic (exact) mass is 554 g/mol. The van der Waals surface area contributed by atoms with Gasteiger partial charge in [0.2, 0.25) is 10.0 Å². The molecule has 0 aliphatic heterocycles. The predicted molar refractivity (Wildman–Crippen MR) is 133 cm³/mol. The topological polar surface area (TPSA) is 101 Å². The van der Waals surface area contributed by atoms with Crippen LogP contribution < -0.4 is 20.1 Å². The summed E-state index contributed by atoms with van der Waals surface area (Å²) in [7, 11) is -1.63. The van der Waals surface area contributed by atoms with Crippen molar-refractivity contribution in [1.29, 1.82) is 0 Å². The molecule has 0 aromatic heterocycles. The molecule has 1 aromatic carbocycles. The number of sulfonamides is 1. The van der Waals surface area contributed by atoms with Crippen LogP contribution in [0.15, 0.2) is 29.3 Å². The highest BCUT2D eigenvalue weighted by Gasteiger charge is 2.19. The standard InChI is InChI=1S/C20H34N4O4S.HI/c1-3-21-20(22-11-14-29(25,26)23-16-17-7-4-8-17)24-18-9-5-10-19(15-18)28-13-6-12-27-2;/h5,9-10,15,17,23H,3-4,6-8,11-14,16H2,1-2H3,(H2,21,22,24);1H. The van der Waals surface area contributed by atoms with Crippen LogP contribution in [0, 0.1) is 5.92 Å². The molecule has 0 unspecified atom stereocenters. The molecule has 0 saturated heterocycles. The largest absolute Gasteiger partial charge is 0.493 e. The van der Waals surface area contributed by atoms with Gasteiger partial charge in [0.25, 0.3) is 0 Å². The van der Waals surface area contributed by atoms with Crippen LogP contribution in [0.5, 0.6) is 5.75 Å². The van der Waals surface area contributed by atoms with E-state index in [9.17, 15) is 8.42 Å². The first-order valence-electron chi connectivity index (χ1n) is 10.3. The number of halogens is 1. The molecule has 0 amide bonds. The molecule has 1 fully saturated rings. The van der Waals surface area contributed by atoms with Gasteiger partial charge in [0.15, 0.2) is 5.96 Å². The highest BCUT2D eigenvalue weighted by molar-refractivity contribution is 14.0. The lowest BCUT2D eigenvalue weighted by molar-refractivity contribution is 0.172. The second-order valence-electron chi connectivity index (χ2n) is 7.07. The number of aliphatic imine (C=N–C) groups is 1. The van der Waals surface area contributed by atoms with Crippen molar-refractivity contribution in [3.8, 4) is 5.75 Å². The zero-order valence-electron chi connectivity index (χ0n) is 17.9. The normalized spacial score (nSPS) is 14.5. The second-order valence-corrected chi connectivity index (χ2v) is 9.00. The molecule has 0 bridgehead atoms. The minimum atomic E-state index is -3.30. The second kappa shape index (κ2) is 14.8. The molecule has 172 valence electrons. The number of hydrogen-bond donors (Lipinski definition) is 3. The van der Waals surface area contributed by atoms with Crippen molar-refractivity contribution in [2.24, 2.45) is 10.9 Å². The summed E-state index contributed by atoms with van der Waals surface area (Å²) in [6.45, 7) is 4.60. The summed E-state index contributed by atoms with van der Waals surface area (Å²) in [5.74, 6) is 1.76. The molecule has 0 atom stereocenters. The summed E-state index contributed by atoms with van der Waals surface area (Å²) in [5, 5.41) is 6.33. The zero-order chi connectivity index (χ0) is 21.0. The van der Waals surface area contributed by atoms with Crippen LogP contribution >= 0.6 is 24.0 Å². The van der Waals surface area contributed by atoms with Gasteiger partial charge in [-0.05, 0) is 37.8 Å². The maximum absolute atomic E-state index is 12.1. The summed E-state index contributed by atoms with van der Waals surface area (Å²) in [4.78, 5) is 4.39. The Balaban J connectivity index is 0.00000450. The molecule has 3 N–H and O–H groups in total. The molecule has 1 aliphatic carbocycles. The van der Waals surface area contributed by atoms with E-state index in [1.807, 2.05) is 31.2 Å². The third-order valence-corrected chi connectivity index (χ3v) is 5.98. The Morgan fingerprint density at radius 3 is 2.73 bits per heavy atom. The lowest BCUT2D eigenvalue weighted by Gasteiger charge is -2.25. The van der Waals surface area contributed by atoms with Crippen LogP contribution in [0.4, 0.5) is 5.69 Å². The lowest BCUT2D eigenvalue weighted by atomic mass is 9.86. The van der Waals surface area contributed by atoms with Crippen molar-refractivity contribution in [3.63, 3.8) is 0 Å². The molecule has 8 nitrogen and oxygen atoms in total. The van der Waals surface area contributed by atoms with Gasteiger partial charge in [-0.2, -0.15) is 0 Å². The number of methoxy groups -OCH3 is 1. The Labute approximate surface area is 197 Å². The van der Waals surface area contributed by atoms with Gasteiger partial charge in [-0.1, -0.05) is 12.5 Å². The van der Waals surface area contributed by atoms with Gasteiger partial charge in [-0.25, -0.2) is 13.1 Å². The van der Waals surface area contributed by atoms with Crippen molar-refractivity contribution in [1.82, 2.24) is 10.0 Å². The van der Waals surface area contributed by atoms with Gasteiger partial charge in [-0.3, -0.25) is 4.99 Å². The van der Waals surface area contributed by atoms with E-state index in [-0.39, 0.29) is 36.3 Å². The first-order chi connectivity index (χ1) is 14.0. The van der Waals surface area contributed by atoms with Gasteiger partial charge in [0.1, 0.15) is 5.75 Å². The molecule has 0 radical (unpaired) electrons. The van der Waals surface area contributed by atoms with Gasteiger partial charge < -0.3 is 20.1 Å². The van der Waals surface area contributed by atoms with E-state index in [2.05, 4.69) is 20.3 Å². The molecule has 0 heterocycles. The Hall–Kier alpha value is -1.11. The minimum absolute atomic E-state index is 0. The van der Waals surface area contributed by atoms with Gasteiger partial charge in [0, 0.05) is 45.0 Å². The molecule has 10 heteroatoms. The third kappa shape index (κ3) is 10.8. The van der Waals surface area contributed by atoms with Gasteiger partial charge in [-0.15, -0.1) is 24.0 Å². The number of anilines is 1. The average molecular weight is 554 g/mol. The van der Waals surface area contributed by atoms with E-state index in [4.69, 9.17) is 9.47 Å². The van der Waals surface area contributed by atoms with Gasteiger partial charge in [0.05, 0.1) is 18.9 Å². The van der Waals surface area contributed by atoms with E-state index in [1.54, 1.807) is 7.11 Å².